The van der Waals surface area contributed by atoms with E-state index in [9.17, 15) is 39.6 Å². The molecule has 2 unspecified atom stereocenters. The smallest absolute Gasteiger partial charge is 0.411 e. The highest BCUT2D eigenvalue weighted by molar-refractivity contribution is 6.25. The highest BCUT2D eigenvalue weighted by Gasteiger charge is 2.67. The second-order valence-corrected chi connectivity index (χ2v) is 10.7. The van der Waals surface area contributed by atoms with Crippen molar-refractivity contribution in [3.8, 4) is 5.75 Å². The number of phenolic OH excluding ortho intramolecular Hbond substituents is 1. The normalized spacial score (nSPS) is 29.9. The van der Waals surface area contributed by atoms with Gasteiger partial charge < -0.3 is 40.7 Å². The van der Waals surface area contributed by atoms with Crippen LogP contribution >= 0.6 is 0 Å². The molecule has 3 aliphatic rings. The average molecular weight is 547 g/mol. The van der Waals surface area contributed by atoms with Gasteiger partial charge in [0.15, 0.2) is 17.1 Å². The second kappa shape index (κ2) is 9.81. The van der Waals surface area contributed by atoms with Gasteiger partial charge >= 0.3 is 6.09 Å². The molecule has 0 bridgehead atoms. The summed E-state index contributed by atoms with van der Waals surface area (Å²) >= 11 is 0. The average Bonchev–Trinajstić information content (AvgIpc) is 2.82. The number of aliphatic hydroxyl groups is 3. The van der Waals surface area contributed by atoms with Crippen LogP contribution in [-0.4, -0.2) is 101 Å². The van der Waals surface area contributed by atoms with Crippen molar-refractivity contribution >= 4 is 40.7 Å². The van der Waals surface area contributed by atoms with Crippen molar-refractivity contribution < 1.29 is 44.3 Å². The summed E-state index contributed by atoms with van der Waals surface area (Å²) in [5.74, 6) is -8.34. The summed E-state index contributed by atoms with van der Waals surface area (Å²) in [5, 5.41) is 47.6. The van der Waals surface area contributed by atoms with E-state index in [4.69, 9.17) is 10.5 Å². The number of nitrogens with zero attached hydrogens (tertiary/aromatic N) is 2. The number of phenols is 1. The zero-order valence-electron chi connectivity index (χ0n) is 22.4. The molecule has 4 rings (SSSR count). The van der Waals surface area contributed by atoms with Crippen molar-refractivity contribution in [3.63, 3.8) is 0 Å². The molecule has 0 aromatic heterocycles. The number of likely N-dealkylation sites (N-methyl/N-ethyl adjacent to an activating group) is 1. The summed E-state index contributed by atoms with van der Waals surface area (Å²) in [6, 6.07) is 0.537. The number of ketones is 2. The number of hydrogen-bond donors (Lipinski definition) is 6. The molecule has 0 heterocycles. The van der Waals surface area contributed by atoms with E-state index in [0.717, 1.165) is 0 Å². The van der Waals surface area contributed by atoms with Crippen LogP contribution in [0.4, 0.5) is 16.2 Å². The first kappa shape index (κ1) is 28.3. The highest BCUT2D eigenvalue weighted by atomic mass is 16.5. The number of nitrogens with two attached hydrogens (primary N) is 1. The third-order valence-corrected chi connectivity index (χ3v) is 8.06. The third-order valence-electron chi connectivity index (χ3n) is 8.06. The lowest BCUT2D eigenvalue weighted by Gasteiger charge is -2.53. The van der Waals surface area contributed by atoms with Crippen LogP contribution in [0.15, 0.2) is 11.6 Å². The van der Waals surface area contributed by atoms with Crippen LogP contribution in [0.3, 0.4) is 0 Å². The van der Waals surface area contributed by atoms with Gasteiger partial charge in [-0.15, -0.1) is 0 Å². The van der Waals surface area contributed by atoms with Gasteiger partial charge in [0.1, 0.15) is 11.7 Å². The molecule has 2 amide bonds. The molecule has 0 radical (unpaired) electrons. The van der Waals surface area contributed by atoms with Crippen molar-refractivity contribution in [2.45, 2.75) is 37.5 Å². The molecule has 2 saturated carbocycles. The largest absolute Gasteiger partial charge is 0.507 e. The molecule has 1 aromatic rings. The molecular weight excluding hydrogens is 512 g/mol. The fourth-order valence-corrected chi connectivity index (χ4v) is 6.42. The van der Waals surface area contributed by atoms with Gasteiger partial charge in [0.05, 0.1) is 24.0 Å². The van der Waals surface area contributed by atoms with Gasteiger partial charge in [0, 0.05) is 37.3 Å². The van der Waals surface area contributed by atoms with E-state index < -0.39 is 70.6 Å². The van der Waals surface area contributed by atoms with Crippen molar-refractivity contribution in [1.29, 1.82) is 0 Å². The molecule has 1 aromatic carbocycles. The fourth-order valence-electron chi connectivity index (χ4n) is 6.42. The molecule has 13 nitrogen and oxygen atoms in total. The van der Waals surface area contributed by atoms with Crippen LogP contribution in [0.5, 0.6) is 5.75 Å². The number of primary amides is 1. The molecule has 0 aliphatic heterocycles. The first-order valence-electron chi connectivity index (χ1n) is 12.6. The number of aromatic hydroxyl groups is 1. The van der Waals surface area contributed by atoms with E-state index in [1.54, 1.807) is 40.0 Å². The third kappa shape index (κ3) is 4.12. The zero-order chi connectivity index (χ0) is 29.1. The molecule has 0 saturated heterocycles. The molecular formula is C26H34N4O9. The maximum Gasteiger partial charge on any atom is 0.411 e. The molecule has 6 atom stereocenters. The van der Waals surface area contributed by atoms with Crippen LogP contribution in [0.2, 0.25) is 0 Å². The molecule has 7 N–H and O–H groups in total. The highest BCUT2D eigenvalue weighted by Crippen LogP contribution is 2.54. The van der Waals surface area contributed by atoms with Crippen LogP contribution in [0.25, 0.3) is 5.76 Å². The summed E-state index contributed by atoms with van der Waals surface area (Å²) in [5.41, 5.74) is 3.18. The number of fused-ring (bicyclic) bond motifs is 3. The SMILES string of the molecule is CCOC(=O)Nc1cc(N(C)C)c2c(c1O)C(O)=C1C(=O)[C@@]3(O)C(=O)C(C(N)=O)C(O)[C@H](N(C)C)[C@H]3C[C@H]1C2. The topological polar surface area (TPSA) is 203 Å². The lowest BCUT2D eigenvalue weighted by Crippen LogP contribution is -2.73. The molecule has 13 heteroatoms. The Kier molecular flexibility index (Phi) is 7.13. The van der Waals surface area contributed by atoms with Gasteiger partial charge in [0.2, 0.25) is 11.7 Å². The van der Waals surface area contributed by atoms with Crippen LogP contribution in [-0.2, 0) is 25.5 Å². The van der Waals surface area contributed by atoms with Gasteiger partial charge in [-0.1, -0.05) is 0 Å². The van der Waals surface area contributed by atoms with E-state index >= 15 is 0 Å². The second-order valence-electron chi connectivity index (χ2n) is 10.7. The Hall–Kier alpha value is -3.68. The Bertz CT molecular complexity index is 1290. The van der Waals surface area contributed by atoms with Gasteiger partial charge in [-0.05, 0) is 51.4 Å². The maximum absolute atomic E-state index is 13.9. The number of amides is 2. The summed E-state index contributed by atoms with van der Waals surface area (Å²) in [6.45, 7) is 1.68. The maximum atomic E-state index is 13.9. The van der Waals surface area contributed by atoms with Crippen LogP contribution in [0.1, 0.15) is 24.5 Å². The number of Topliss-reactive ketones (excluding diaryl/α,β-unsaturated/α-hetero) is 2. The zero-order valence-corrected chi connectivity index (χ0v) is 22.4. The monoisotopic (exact) mass is 546 g/mol. The standard InChI is InChI=1S/C26H34N4O9/c1-6-39-25(37)28-13-9-14(29(2)3)11-7-10-8-12-18(30(4)5)21(33)17(24(27)36)23(35)26(12,38)22(34)15(10)20(32)16(11)19(13)31/h9-10,12,17-18,21,31-33,38H,6-8H2,1-5H3,(H2,27,36)(H,28,37)/t10-,12-,17?,18-,21?,26-/m1/s1. The van der Waals surface area contributed by atoms with Gasteiger partial charge in [-0.3, -0.25) is 19.7 Å². The Balaban J connectivity index is 1.93. The van der Waals surface area contributed by atoms with E-state index in [1.165, 1.54) is 11.0 Å². The number of benzene rings is 1. The van der Waals surface area contributed by atoms with Crippen molar-refractivity contribution in [3.05, 3.63) is 22.8 Å². The molecule has 212 valence electrons. The quantitative estimate of drug-likeness (QED) is 0.210. The number of aliphatic hydroxyl groups excluding tert-OH is 2. The number of nitrogens with one attached hydrogen (secondary N) is 1. The van der Waals surface area contributed by atoms with E-state index in [1.807, 2.05) is 0 Å². The first-order valence-corrected chi connectivity index (χ1v) is 12.6. The molecule has 2 fully saturated rings. The van der Waals surface area contributed by atoms with E-state index in [-0.39, 0.29) is 36.3 Å². The van der Waals surface area contributed by atoms with Gasteiger partial charge in [-0.2, -0.15) is 0 Å². The number of hydrogen-bond acceptors (Lipinski definition) is 11. The van der Waals surface area contributed by atoms with Crippen LogP contribution in [0, 0.1) is 17.8 Å². The Morgan fingerprint density at radius 3 is 2.38 bits per heavy atom. The summed E-state index contributed by atoms with van der Waals surface area (Å²) in [6.07, 6.45) is -2.26. The van der Waals surface area contributed by atoms with Gasteiger partial charge in [-0.25, -0.2) is 4.79 Å². The number of carbonyl (C=O) groups excluding carboxylic acids is 4. The van der Waals surface area contributed by atoms with Crippen LogP contribution < -0.4 is 16.0 Å². The Morgan fingerprint density at radius 1 is 1.21 bits per heavy atom. The Labute approximate surface area is 224 Å². The van der Waals surface area contributed by atoms with Crippen molar-refractivity contribution in [2.75, 3.05) is 45.0 Å². The minimum atomic E-state index is -2.74. The summed E-state index contributed by atoms with van der Waals surface area (Å²) in [4.78, 5) is 54.8. The number of ether oxygens (including phenoxy) is 1. The van der Waals surface area contributed by atoms with Crippen molar-refractivity contribution in [1.82, 2.24) is 4.90 Å². The van der Waals surface area contributed by atoms with Crippen molar-refractivity contribution in [2.24, 2.45) is 23.5 Å². The first-order chi connectivity index (χ1) is 18.2. The summed E-state index contributed by atoms with van der Waals surface area (Å²) in [7, 11) is 6.63. The predicted molar refractivity (Wildman–Crippen MR) is 139 cm³/mol. The molecule has 3 aliphatic carbocycles. The van der Waals surface area contributed by atoms with E-state index in [0.29, 0.717) is 11.3 Å². The predicted octanol–water partition coefficient (Wildman–Crippen LogP) is -0.237. The summed E-state index contributed by atoms with van der Waals surface area (Å²) < 4.78 is 4.89. The Morgan fingerprint density at radius 2 is 1.85 bits per heavy atom. The fraction of sp³-hybridized carbons (Fsp3) is 0.538. The number of carbonyl (C=O) groups is 4. The molecule has 0 spiro atoms. The van der Waals surface area contributed by atoms with E-state index in [2.05, 4.69) is 5.32 Å². The minimum Gasteiger partial charge on any atom is -0.507 e. The minimum absolute atomic E-state index is 0.00859. The lowest BCUT2D eigenvalue weighted by molar-refractivity contribution is -0.184. The van der Waals surface area contributed by atoms with Gasteiger partial charge in [0.25, 0.3) is 0 Å². The number of anilines is 2. The number of rotatable bonds is 5. The molecule has 39 heavy (non-hydrogen) atoms. The lowest BCUT2D eigenvalue weighted by atomic mass is 9.54.